The highest BCUT2D eigenvalue weighted by atomic mass is 35.5. The molecule has 0 saturated heterocycles. The normalized spacial score (nSPS) is 21.6. The molecular formula is C30H32ClN5O. The van der Waals surface area contributed by atoms with Gasteiger partial charge in [0.25, 0.3) is 5.91 Å². The lowest BCUT2D eigenvalue weighted by Gasteiger charge is -2.42. The Hall–Kier alpha value is -3.22. The summed E-state index contributed by atoms with van der Waals surface area (Å²) in [6.45, 7) is 0.761. The standard InChI is InChI=1S/C30H32ClN5O/c31-24-10-2-1-9-23(24)30(37)33-21-14-16-22(17-15-21)36(19-28-34-25-11-3-4-12-26(25)35-28)27-13-5-7-20-8-6-18-32-29(20)27/h1-4,6,8-12,18,21-22,27H,5,7,13-17,19H2,(H,33,37)(H,34,35)/t21-,22+,27?. The van der Waals surface area contributed by atoms with Gasteiger partial charge in [0, 0.05) is 18.3 Å². The van der Waals surface area contributed by atoms with Crippen LogP contribution in [0.25, 0.3) is 11.0 Å². The summed E-state index contributed by atoms with van der Waals surface area (Å²) in [6, 6.07) is 20.6. The molecule has 1 fully saturated rings. The summed E-state index contributed by atoms with van der Waals surface area (Å²) >= 11 is 6.25. The van der Waals surface area contributed by atoms with Crippen LogP contribution in [0.2, 0.25) is 5.02 Å². The van der Waals surface area contributed by atoms with Crippen LogP contribution in [0.1, 0.15) is 72.0 Å². The first-order valence-electron chi connectivity index (χ1n) is 13.3. The van der Waals surface area contributed by atoms with E-state index in [4.69, 9.17) is 21.6 Å². The van der Waals surface area contributed by atoms with Crippen LogP contribution in [-0.4, -0.2) is 37.8 Å². The zero-order valence-electron chi connectivity index (χ0n) is 20.9. The van der Waals surface area contributed by atoms with Gasteiger partial charge in [0.15, 0.2) is 0 Å². The Morgan fingerprint density at radius 3 is 2.65 bits per heavy atom. The van der Waals surface area contributed by atoms with E-state index < -0.39 is 0 Å². The number of aryl methyl sites for hydroxylation is 1. The number of para-hydroxylation sites is 2. The van der Waals surface area contributed by atoms with Crippen molar-refractivity contribution in [1.29, 1.82) is 0 Å². The van der Waals surface area contributed by atoms with Gasteiger partial charge in [-0.1, -0.05) is 41.9 Å². The van der Waals surface area contributed by atoms with Gasteiger partial charge in [0.1, 0.15) is 5.82 Å². The molecule has 4 aromatic rings. The topological polar surface area (TPSA) is 73.9 Å². The van der Waals surface area contributed by atoms with Gasteiger partial charge in [-0.05, 0) is 80.8 Å². The van der Waals surface area contributed by atoms with E-state index in [2.05, 4.69) is 39.5 Å². The molecule has 1 atom stereocenters. The zero-order valence-corrected chi connectivity index (χ0v) is 21.6. The average molecular weight is 514 g/mol. The number of fused-ring (bicyclic) bond motifs is 2. The second-order valence-corrected chi connectivity index (χ2v) is 10.7. The van der Waals surface area contributed by atoms with Crippen molar-refractivity contribution in [3.8, 4) is 0 Å². The zero-order chi connectivity index (χ0) is 25.2. The average Bonchev–Trinajstić information content (AvgIpc) is 3.35. The van der Waals surface area contributed by atoms with Crippen molar-refractivity contribution in [2.75, 3.05) is 0 Å². The molecule has 2 aromatic carbocycles. The van der Waals surface area contributed by atoms with Gasteiger partial charge in [-0.3, -0.25) is 14.7 Å². The molecular weight excluding hydrogens is 482 g/mol. The number of hydrogen-bond donors (Lipinski definition) is 2. The Labute approximate surface area is 222 Å². The lowest BCUT2D eigenvalue weighted by atomic mass is 9.85. The summed E-state index contributed by atoms with van der Waals surface area (Å²) in [7, 11) is 0. The monoisotopic (exact) mass is 513 g/mol. The molecule has 0 aliphatic heterocycles. The molecule has 0 radical (unpaired) electrons. The van der Waals surface area contributed by atoms with Gasteiger partial charge in [0.2, 0.25) is 0 Å². The van der Waals surface area contributed by atoms with E-state index in [-0.39, 0.29) is 18.0 Å². The minimum atomic E-state index is -0.0846. The maximum absolute atomic E-state index is 12.8. The van der Waals surface area contributed by atoms with E-state index >= 15 is 0 Å². The number of nitrogens with zero attached hydrogens (tertiary/aromatic N) is 3. The molecule has 7 heteroatoms. The Morgan fingerprint density at radius 1 is 1.00 bits per heavy atom. The van der Waals surface area contributed by atoms with Crippen LogP contribution in [0.15, 0.2) is 66.9 Å². The number of carbonyl (C=O) groups excluding carboxylic acids is 1. The fraction of sp³-hybridized carbons (Fsp3) is 0.367. The van der Waals surface area contributed by atoms with Gasteiger partial charge < -0.3 is 10.3 Å². The molecule has 6 nitrogen and oxygen atoms in total. The molecule has 2 aromatic heterocycles. The van der Waals surface area contributed by atoms with Gasteiger partial charge in [-0.15, -0.1) is 0 Å². The summed E-state index contributed by atoms with van der Waals surface area (Å²) in [5, 5.41) is 3.72. The quantitative estimate of drug-likeness (QED) is 0.320. The summed E-state index contributed by atoms with van der Waals surface area (Å²) in [6.07, 6.45) is 9.23. The van der Waals surface area contributed by atoms with E-state index in [0.717, 1.165) is 61.9 Å². The molecule has 37 heavy (non-hydrogen) atoms. The fourth-order valence-corrected chi connectivity index (χ4v) is 6.34. The third kappa shape index (κ3) is 5.13. The number of aromatic amines is 1. The Bertz CT molecular complexity index is 1360. The number of pyridine rings is 1. The second kappa shape index (κ2) is 10.6. The smallest absolute Gasteiger partial charge is 0.253 e. The predicted octanol–water partition coefficient (Wildman–Crippen LogP) is 6.23. The summed E-state index contributed by atoms with van der Waals surface area (Å²) < 4.78 is 0. The molecule has 2 N–H and O–H groups in total. The first-order chi connectivity index (χ1) is 18.2. The van der Waals surface area contributed by atoms with Gasteiger partial charge in [-0.2, -0.15) is 0 Å². The third-order valence-electron chi connectivity index (χ3n) is 7.96. The van der Waals surface area contributed by atoms with Crippen LogP contribution in [0, 0.1) is 0 Å². The van der Waals surface area contributed by atoms with Crippen molar-refractivity contribution < 1.29 is 4.79 Å². The van der Waals surface area contributed by atoms with Crippen LogP contribution >= 0.6 is 11.6 Å². The highest BCUT2D eigenvalue weighted by Crippen LogP contribution is 2.38. The number of halogens is 1. The minimum Gasteiger partial charge on any atom is -0.349 e. The molecule has 6 rings (SSSR count). The number of imidazole rings is 1. The third-order valence-corrected chi connectivity index (χ3v) is 8.29. The predicted molar refractivity (Wildman–Crippen MR) is 147 cm³/mol. The van der Waals surface area contributed by atoms with Crippen molar-refractivity contribution in [1.82, 2.24) is 25.2 Å². The van der Waals surface area contributed by atoms with Crippen LogP contribution in [-0.2, 0) is 13.0 Å². The molecule has 2 aliphatic rings. The summed E-state index contributed by atoms with van der Waals surface area (Å²) in [5.74, 6) is 0.914. The van der Waals surface area contributed by atoms with Crippen LogP contribution in [0.5, 0.6) is 0 Å². The first-order valence-corrected chi connectivity index (χ1v) is 13.7. The SMILES string of the molecule is O=C(N[C@H]1CC[C@@H](N(Cc2nc3ccccc3[nH]2)C2CCCc3cccnc32)CC1)c1ccccc1Cl. The van der Waals surface area contributed by atoms with Crippen LogP contribution in [0.4, 0.5) is 0 Å². The van der Waals surface area contributed by atoms with Gasteiger partial charge in [0.05, 0.1) is 39.9 Å². The van der Waals surface area contributed by atoms with Crippen molar-refractivity contribution in [3.63, 3.8) is 0 Å². The number of hydrogen-bond acceptors (Lipinski definition) is 4. The Morgan fingerprint density at radius 2 is 1.81 bits per heavy atom. The Kier molecular flexibility index (Phi) is 6.94. The maximum atomic E-state index is 12.8. The van der Waals surface area contributed by atoms with Crippen molar-refractivity contribution in [2.24, 2.45) is 0 Å². The highest BCUT2D eigenvalue weighted by molar-refractivity contribution is 6.33. The largest absolute Gasteiger partial charge is 0.349 e. The van der Waals surface area contributed by atoms with Crippen molar-refractivity contribution in [2.45, 2.75) is 69.6 Å². The second-order valence-electron chi connectivity index (χ2n) is 10.3. The molecule has 2 aliphatic carbocycles. The number of H-pyrrole nitrogens is 1. The molecule has 0 spiro atoms. The molecule has 0 bridgehead atoms. The van der Waals surface area contributed by atoms with E-state index in [9.17, 15) is 4.79 Å². The highest BCUT2D eigenvalue weighted by Gasteiger charge is 2.35. The van der Waals surface area contributed by atoms with Crippen molar-refractivity contribution >= 4 is 28.5 Å². The van der Waals surface area contributed by atoms with Crippen LogP contribution in [0.3, 0.4) is 0 Å². The number of benzene rings is 2. The van der Waals surface area contributed by atoms with Gasteiger partial charge in [-0.25, -0.2) is 4.98 Å². The fourth-order valence-electron chi connectivity index (χ4n) is 6.12. The summed E-state index contributed by atoms with van der Waals surface area (Å²) in [5.41, 5.74) is 5.21. The minimum absolute atomic E-state index is 0.0846. The lowest BCUT2D eigenvalue weighted by Crippen LogP contribution is -2.45. The van der Waals surface area contributed by atoms with Crippen LogP contribution < -0.4 is 5.32 Å². The number of aromatic nitrogens is 3. The summed E-state index contributed by atoms with van der Waals surface area (Å²) in [4.78, 5) is 28.8. The maximum Gasteiger partial charge on any atom is 0.253 e. The van der Waals surface area contributed by atoms with Crippen molar-refractivity contribution in [3.05, 3.63) is 94.5 Å². The number of rotatable bonds is 6. The number of carbonyl (C=O) groups is 1. The van der Waals surface area contributed by atoms with Gasteiger partial charge >= 0.3 is 0 Å². The lowest BCUT2D eigenvalue weighted by molar-refractivity contribution is 0.0696. The van der Waals surface area contributed by atoms with E-state index in [1.807, 2.05) is 30.5 Å². The van der Waals surface area contributed by atoms with E-state index in [1.165, 1.54) is 17.7 Å². The molecule has 1 amide bonds. The van der Waals surface area contributed by atoms with E-state index in [0.29, 0.717) is 16.6 Å². The molecule has 2 heterocycles. The Balaban J connectivity index is 1.21. The molecule has 190 valence electrons. The molecule has 1 unspecified atom stereocenters. The number of nitrogens with one attached hydrogen (secondary N) is 2. The first kappa shape index (κ1) is 24.1. The van der Waals surface area contributed by atoms with E-state index in [1.54, 1.807) is 12.1 Å². The number of amides is 1. The molecule has 1 saturated carbocycles.